The summed E-state index contributed by atoms with van der Waals surface area (Å²) < 4.78 is 3.48. The number of likely N-dealkylation sites (tertiary alicyclic amines) is 1. The summed E-state index contributed by atoms with van der Waals surface area (Å²) in [6, 6.07) is 1.88. The average Bonchev–Trinajstić information content (AvgIpc) is 3.27. The van der Waals surface area contributed by atoms with Gasteiger partial charge in [0.15, 0.2) is 5.65 Å². The van der Waals surface area contributed by atoms with Crippen LogP contribution in [0.2, 0.25) is 0 Å². The normalized spacial score (nSPS) is 17.8. The van der Waals surface area contributed by atoms with Gasteiger partial charge in [-0.1, -0.05) is 0 Å². The molecule has 1 atom stereocenters. The molecule has 3 aromatic rings. The smallest absolute Gasteiger partial charge is 0.259 e. The Bertz CT molecular complexity index is 896. The minimum absolute atomic E-state index is 0.0248. The number of hydrogen-bond donors (Lipinski definition) is 0. The van der Waals surface area contributed by atoms with Gasteiger partial charge in [-0.2, -0.15) is 10.2 Å². The van der Waals surface area contributed by atoms with Gasteiger partial charge < -0.3 is 4.90 Å². The molecule has 1 aliphatic heterocycles. The summed E-state index contributed by atoms with van der Waals surface area (Å²) in [6.07, 6.45) is 9.39. The molecule has 1 saturated heterocycles. The molecule has 7 heteroatoms. The highest BCUT2D eigenvalue weighted by Crippen LogP contribution is 2.23. The van der Waals surface area contributed by atoms with E-state index in [2.05, 4.69) is 15.2 Å². The van der Waals surface area contributed by atoms with Crippen molar-refractivity contribution in [1.29, 1.82) is 0 Å². The fourth-order valence-electron chi connectivity index (χ4n) is 3.37. The largest absolute Gasteiger partial charge is 0.338 e. The van der Waals surface area contributed by atoms with Gasteiger partial charge in [-0.25, -0.2) is 9.50 Å². The minimum atomic E-state index is 0.0248. The van der Waals surface area contributed by atoms with Gasteiger partial charge in [0.25, 0.3) is 5.91 Å². The predicted molar refractivity (Wildman–Crippen MR) is 88.6 cm³/mol. The van der Waals surface area contributed by atoms with E-state index in [1.54, 1.807) is 10.7 Å². The van der Waals surface area contributed by atoms with Crippen LogP contribution >= 0.6 is 0 Å². The lowest BCUT2D eigenvalue weighted by Crippen LogP contribution is -2.29. The second-order valence-corrected chi connectivity index (χ2v) is 6.53. The second kappa shape index (κ2) is 5.74. The molecule has 24 heavy (non-hydrogen) atoms. The summed E-state index contributed by atoms with van der Waals surface area (Å²) in [5.74, 6) is 0.506. The highest BCUT2D eigenvalue weighted by atomic mass is 16.2. The van der Waals surface area contributed by atoms with Crippen molar-refractivity contribution in [2.45, 2.75) is 19.8 Å². The second-order valence-electron chi connectivity index (χ2n) is 6.53. The Kier molecular flexibility index (Phi) is 3.55. The standard InChI is InChI=1S/C17H20N6O/c1-12-3-6-23-16(20-12)15(9-19-23)17(24)22-5-4-13(11-22)7-14-8-18-21(2)10-14/h3,6,8-10,13H,4-5,7,11H2,1-2H3. The quantitative estimate of drug-likeness (QED) is 0.732. The Morgan fingerprint density at radius 3 is 3.00 bits per heavy atom. The maximum absolute atomic E-state index is 12.9. The van der Waals surface area contributed by atoms with Crippen molar-refractivity contribution < 1.29 is 4.79 Å². The van der Waals surface area contributed by atoms with Crippen LogP contribution in [0, 0.1) is 12.8 Å². The number of hydrogen-bond acceptors (Lipinski definition) is 4. The Hall–Kier alpha value is -2.70. The van der Waals surface area contributed by atoms with Crippen molar-refractivity contribution in [2.75, 3.05) is 13.1 Å². The van der Waals surface area contributed by atoms with Gasteiger partial charge in [-0.15, -0.1) is 0 Å². The van der Waals surface area contributed by atoms with Crippen LogP contribution in [0.3, 0.4) is 0 Å². The van der Waals surface area contributed by atoms with Gasteiger partial charge >= 0.3 is 0 Å². The van der Waals surface area contributed by atoms with E-state index >= 15 is 0 Å². The number of fused-ring (bicyclic) bond motifs is 1. The van der Waals surface area contributed by atoms with E-state index in [0.717, 1.165) is 31.6 Å². The molecular weight excluding hydrogens is 304 g/mol. The lowest BCUT2D eigenvalue weighted by Gasteiger charge is -2.15. The fourth-order valence-corrected chi connectivity index (χ4v) is 3.37. The first-order valence-electron chi connectivity index (χ1n) is 8.18. The molecule has 0 bridgehead atoms. The lowest BCUT2D eigenvalue weighted by molar-refractivity contribution is 0.0789. The molecule has 1 unspecified atom stereocenters. The summed E-state index contributed by atoms with van der Waals surface area (Å²) in [6.45, 7) is 3.48. The number of carbonyl (C=O) groups is 1. The van der Waals surface area contributed by atoms with E-state index < -0.39 is 0 Å². The van der Waals surface area contributed by atoms with Crippen LogP contribution in [-0.2, 0) is 13.5 Å². The monoisotopic (exact) mass is 324 g/mol. The van der Waals surface area contributed by atoms with E-state index in [4.69, 9.17) is 0 Å². The summed E-state index contributed by atoms with van der Waals surface area (Å²) >= 11 is 0. The van der Waals surface area contributed by atoms with Crippen molar-refractivity contribution in [3.05, 3.63) is 47.7 Å². The number of carbonyl (C=O) groups excluding carboxylic acids is 1. The van der Waals surface area contributed by atoms with Crippen molar-refractivity contribution in [2.24, 2.45) is 13.0 Å². The van der Waals surface area contributed by atoms with Crippen molar-refractivity contribution in [3.63, 3.8) is 0 Å². The molecule has 1 fully saturated rings. The Morgan fingerprint density at radius 2 is 2.21 bits per heavy atom. The first kappa shape index (κ1) is 14.9. The molecule has 0 aliphatic carbocycles. The van der Waals surface area contributed by atoms with Crippen LogP contribution < -0.4 is 0 Å². The van der Waals surface area contributed by atoms with Crippen molar-refractivity contribution >= 4 is 11.6 Å². The molecule has 0 spiro atoms. The first-order chi connectivity index (χ1) is 11.6. The number of aromatic nitrogens is 5. The van der Waals surface area contributed by atoms with E-state index in [0.29, 0.717) is 17.1 Å². The molecule has 124 valence electrons. The number of nitrogens with zero attached hydrogens (tertiary/aromatic N) is 6. The van der Waals surface area contributed by atoms with Gasteiger partial charge in [-0.3, -0.25) is 9.48 Å². The van der Waals surface area contributed by atoms with Crippen LogP contribution in [0.4, 0.5) is 0 Å². The third-order valence-corrected chi connectivity index (χ3v) is 4.59. The molecule has 7 nitrogen and oxygen atoms in total. The molecule has 3 aromatic heterocycles. The van der Waals surface area contributed by atoms with Gasteiger partial charge in [0.2, 0.25) is 0 Å². The Balaban J connectivity index is 1.49. The lowest BCUT2D eigenvalue weighted by atomic mass is 10.0. The predicted octanol–water partition coefficient (Wildman–Crippen LogP) is 1.48. The molecule has 0 saturated carbocycles. The highest BCUT2D eigenvalue weighted by Gasteiger charge is 2.29. The van der Waals surface area contributed by atoms with E-state index in [9.17, 15) is 4.79 Å². The zero-order valence-electron chi connectivity index (χ0n) is 13.9. The number of amides is 1. The van der Waals surface area contributed by atoms with Gasteiger partial charge in [0.1, 0.15) is 5.56 Å². The zero-order chi connectivity index (χ0) is 16.7. The van der Waals surface area contributed by atoms with Gasteiger partial charge in [0.05, 0.1) is 12.4 Å². The first-order valence-corrected chi connectivity index (χ1v) is 8.18. The molecule has 4 heterocycles. The maximum atomic E-state index is 12.9. The van der Waals surface area contributed by atoms with Crippen molar-refractivity contribution in [1.82, 2.24) is 29.3 Å². The highest BCUT2D eigenvalue weighted by molar-refractivity contribution is 5.99. The Morgan fingerprint density at radius 1 is 1.33 bits per heavy atom. The third-order valence-electron chi connectivity index (χ3n) is 4.59. The van der Waals surface area contributed by atoms with Crippen molar-refractivity contribution in [3.8, 4) is 0 Å². The molecule has 1 amide bonds. The van der Waals surface area contributed by atoms with Crippen LogP contribution in [0.25, 0.3) is 5.65 Å². The molecule has 0 radical (unpaired) electrons. The molecule has 4 rings (SSSR count). The maximum Gasteiger partial charge on any atom is 0.259 e. The number of aryl methyl sites for hydroxylation is 2. The third kappa shape index (κ3) is 2.66. The summed E-state index contributed by atoms with van der Waals surface area (Å²) in [5, 5.41) is 8.45. The minimum Gasteiger partial charge on any atom is -0.338 e. The van der Waals surface area contributed by atoms with Crippen LogP contribution in [0.5, 0.6) is 0 Å². The summed E-state index contributed by atoms with van der Waals surface area (Å²) in [4.78, 5) is 19.2. The SMILES string of the molecule is Cc1ccn2ncc(C(=O)N3CCC(Cc4cnn(C)c4)C3)c2n1. The van der Waals surface area contributed by atoms with Crippen LogP contribution in [-0.4, -0.2) is 48.3 Å². The summed E-state index contributed by atoms with van der Waals surface area (Å²) in [7, 11) is 1.92. The van der Waals surface area contributed by atoms with Crippen LogP contribution in [0.1, 0.15) is 28.0 Å². The number of rotatable bonds is 3. The average molecular weight is 324 g/mol. The molecule has 0 aromatic carbocycles. The van der Waals surface area contributed by atoms with Crippen LogP contribution in [0.15, 0.2) is 30.9 Å². The van der Waals surface area contributed by atoms with E-state index in [1.165, 1.54) is 5.56 Å². The summed E-state index contributed by atoms with van der Waals surface area (Å²) in [5.41, 5.74) is 3.33. The Labute approximate surface area is 139 Å². The fraction of sp³-hybridized carbons (Fsp3) is 0.412. The van der Waals surface area contributed by atoms with Gasteiger partial charge in [-0.05, 0) is 37.3 Å². The molecular formula is C17H20N6O. The zero-order valence-corrected chi connectivity index (χ0v) is 13.9. The molecule has 0 N–H and O–H groups in total. The van der Waals surface area contributed by atoms with Gasteiger partial charge in [0, 0.05) is 38.2 Å². The van der Waals surface area contributed by atoms with E-state index in [-0.39, 0.29) is 5.91 Å². The molecule has 1 aliphatic rings. The van der Waals surface area contributed by atoms with E-state index in [1.807, 2.05) is 48.2 Å². The topological polar surface area (TPSA) is 68.3 Å².